The lowest BCUT2D eigenvalue weighted by molar-refractivity contribution is -0.137. The molecule has 0 atom stereocenters. The topological polar surface area (TPSA) is 100 Å². The second-order valence-electron chi connectivity index (χ2n) is 7.20. The largest absolute Gasteiger partial charge is 0.481 e. The molecule has 27 heavy (non-hydrogen) atoms. The van der Waals surface area contributed by atoms with Crippen LogP contribution < -0.4 is 16.2 Å². The maximum Gasteiger partial charge on any atom is 0.319 e. The van der Waals surface area contributed by atoms with Gasteiger partial charge in [0, 0.05) is 18.2 Å². The second-order valence-corrected chi connectivity index (χ2v) is 7.20. The van der Waals surface area contributed by atoms with Crippen LogP contribution in [0.25, 0.3) is 0 Å². The average Bonchev–Trinajstić information content (AvgIpc) is 2.58. The number of aromatic nitrogens is 1. The minimum atomic E-state index is -0.924. The highest BCUT2D eigenvalue weighted by Crippen LogP contribution is 2.12. The van der Waals surface area contributed by atoms with Crippen LogP contribution in [-0.2, 0) is 11.3 Å². The number of carboxylic acids is 1. The summed E-state index contributed by atoms with van der Waals surface area (Å²) in [6, 6.07) is 10.6. The van der Waals surface area contributed by atoms with Crippen LogP contribution in [0.5, 0.6) is 0 Å². The summed E-state index contributed by atoms with van der Waals surface area (Å²) < 4.78 is 1.52. The molecule has 0 fully saturated rings. The van der Waals surface area contributed by atoms with E-state index in [2.05, 4.69) is 10.6 Å². The second kappa shape index (κ2) is 8.53. The fourth-order valence-electron chi connectivity index (χ4n) is 2.59. The lowest BCUT2D eigenvalue weighted by atomic mass is 9.99. The first kappa shape index (κ1) is 20.2. The molecule has 2 rings (SSSR count). The molecule has 7 nitrogen and oxygen atoms in total. The number of carbonyl (C=O) groups excluding carboxylic acids is 1. The molecule has 0 spiro atoms. The minimum Gasteiger partial charge on any atom is -0.481 e. The summed E-state index contributed by atoms with van der Waals surface area (Å²) in [5, 5.41) is 14.0. The molecule has 0 aliphatic rings. The van der Waals surface area contributed by atoms with Gasteiger partial charge >= 0.3 is 12.0 Å². The summed E-state index contributed by atoms with van der Waals surface area (Å²) in [4.78, 5) is 35.5. The first-order valence-electron chi connectivity index (χ1n) is 8.72. The Kier molecular flexibility index (Phi) is 6.39. The normalized spacial score (nSPS) is 11.1. The Bertz CT molecular complexity index is 870. The molecular weight excluding hydrogens is 346 g/mol. The lowest BCUT2D eigenvalue weighted by Crippen LogP contribution is -2.46. The number of pyridine rings is 1. The number of aliphatic carboxylic acids is 1. The third-order valence-electron chi connectivity index (χ3n) is 4.16. The number of anilines is 1. The van der Waals surface area contributed by atoms with Gasteiger partial charge in [-0.1, -0.05) is 29.8 Å². The van der Waals surface area contributed by atoms with Crippen molar-refractivity contribution < 1.29 is 14.7 Å². The number of carboxylic acid groups (broad SMARTS) is 1. The van der Waals surface area contributed by atoms with Gasteiger partial charge < -0.3 is 20.3 Å². The smallest absolute Gasteiger partial charge is 0.319 e. The number of hydrogen-bond donors (Lipinski definition) is 3. The Morgan fingerprint density at radius 1 is 1.15 bits per heavy atom. The van der Waals surface area contributed by atoms with Gasteiger partial charge in [0.2, 0.25) is 0 Å². The van der Waals surface area contributed by atoms with Gasteiger partial charge in [-0.15, -0.1) is 0 Å². The first-order chi connectivity index (χ1) is 12.7. The Morgan fingerprint density at radius 2 is 1.81 bits per heavy atom. The van der Waals surface area contributed by atoms with Crippen molar-refractivity contribution in [2.24, 2.45) is 0 Å². The van der Waals surface area contributed by atoms with Crippen molar-refractivity contribution in [1.82, 2.24) is 9.88 Å². The molecule has 0 unspecified atom stereocenters. The highest BCUT2D eigenvalue weighted by atomic mass is 16.4. The monoisotopic (exact) mass is 371 g/mol. The van der Waals surface area contributed by atoms with Gasteiger partial charge in [0.15, 0.2) is 0 Å². The highest BCUT2D eigenvalue weighted by Gasteiger charge is 2.22. The molecule has 1 heterocycles. The summed E-state index contributed by atoms with van der Waals surface area (Å²) in [5.74, 6) is -0.924. The SMILES string of the molecule is Cc1ccc(Cn2cccc(NC(=O)NC(C)(C)CCC(=O)O)c2=O)cc1. The van der Waals surface area contributed by atoms with Crippen LogP contribution in [0.4, 0.5) is 10.5 Å². The lowest BCUT2D eigenvalue weighted by Gasteiger charge is -2.25. The van der Waals surface area contributed by atoms with Crippen LogP contribution in [0.3, 0.4) is 0 Å². The highest BCUT2D eigenvalue weighted by molar-refractivity contribution is 5.89. The number of benzene rings is 1. The number of aryl methyl sites for hydroxylation is 1. The number of nitrogens with zero attached hydrogens (tertiary/aromatic N) is 1. The molecule has 3 N–H and O–H groups in total. The molecule has 2 amide bonds. The number of carbonyl (C=O) groups is 2. The zero-order valence-corrected chi connectivity index (χ0v) is 15.8. The van der Waals surface area contributed by atoms with Gasteiger partial charge in [-0.25, -0.2) is 4.79 Å². The molecule has 0 saturated carbocycles. The number of urea groups is 1. The molecule has 0 bridgehead atoms. The Balaban J connectivity index is 2.06. The average molecular weight is 371 g/mol. The van der Waals surface area contributed by atoms with Gasteiger partial charge in [-0.05, 0) is 44.9 Å². The van der Waals surface area contributed by atoms with E-state index in [-0.39, 0.29) is 24.1 Å². The van der Waals surface area contributed by atoms with E-state index in [0.717, 1.165) is 11.1 Å². The quantitative estimate of drug-likeness (QED) is 0.696. The van der Waals surface area contributed by atoms with Crippen molar-refractivity contribution in [3.8, 4) is 0 Å². The molecule has 0 aliphatic heterocycles. The molecule has 144 valence electrons. The Morgan fingerprint density at radius 3 is 2.44 bits per heavy atom. The van der Waals surface area contributed by atoms with E-state index in [9.17, 15) is 14.4 Å². The molecule has 2 aromatic rings. The first-order valence-corrected chi connectivity index (χ1v) is 8.72. The van der Waals surface area contributed by atoms with Gasteiger partial charge in [-0.2, -0.15) is 0 Å². The van der Waals surface area contributed by atoms with E-state index in [1.807, 2.05) is 31.2 Å². The standard InChI is InChI=1S/C20H25N3O4/c1-14-6-8-15(9-7-14)13-23-12-4-5-16(18(23)26)21-19(27)22-20(2,3)11-10-17(24)25/h4-9,12H,10-11,13H2,1-3H3,(H,24,25)(H2,21,22,27). The van der Waals surface area contributed by atoms with Gasteiger partial charge in [0.25, 0.3) is 5.56 Å². The summed E-state index contributed by atoms with van der Waals surface area (Å²) in [6.45, 7) is 5.86. The zero-order valence-electron chi connectivity index (χ0n) is 15.8. The van der Waals surface area contributed by atoms with E-state index in [0.29, 0.717) is 6.54 Å². The summed E-state index contributed by atoms with van der Waals surface area (Å²) in [7, 11) is 0. The molecule has 1 aromatic carbocycles. The number of nitrogens with one attached hydrogen (secondary N) is 2. The third-order valence-corrected chi connectivity index (χ3v) is 4.16. The summed E-state index contributed by atoms with van der Waals surface area (Å²) in [5.41, 5.74) is 1.27. The Hall–Kier alpha value is -3.09. The van der Waals surface area contributed by atoms with E-state index >= 15 is 0 Å². The van der Waals surface area contributed by atoms with Crippen molar-refractivity contribution >= 4 is 17.7 Å². The summed E-state index contributed by atoms with van der Waals surface area (Å²) >= 11 is 0. The number of hydrogen-bond acceptors (Lipinski definition) is 3. The van der Waals surface area contributed by atoms with Gasteiger partial charge in [0.05, 0.1) is 6.54 Å². The molecule has 0 saturated heterocycles. The Labute approximate surface area is 158 Å². The van der Waals surface area contributed by atoms with E-state index in [1.54, 1.807) is 26.1 Å². The van der Waals surface area contributed by atoms with Crippen molar-refractivity contribution in [3.63, 3.8) is 0 Å². The van der Waals surface area contributed by atoms with Crippen molar-refractivity contribution in [2.75, 3.05) is 5.32 Å². The molecule has 7 heteroatoms. The van der Waals surface area contributed by atoms with Gasteiger partial charge in [0.1, 0.15) is 5.69 Å². The van der Waals surface area contributed by atoms with Crippen molar-refractivity contribution in [1.29, 1.82) is 0 Å². The fourth-order valence-corrected chi connectivity index (χ4v) is 2.59. The van der Waals surface area contributed by atoms with Gasteiger partial charge in [-0.3, -0.25) is 9.59 Å². The van der Waals surface area contributed by atoms with Crippen LogP contribution in [0, 0.1) is 6.92 Å². The van der Waals surface area contributed by atoms with E-state index in [4.69, 9.17) is 5.11 Å². The maximum atomic E-state index is 12.6. The molecule has 0 aliphatic carbocycles. The van der Waals surface area contributed by atoms with E-state index < -0.39 is 17.5 Å². The molecular formula is C20H25N3O4. The van der Waals surface area contributed by atoms with Crippen molar-refractivity contribution in [3.05, 3.63) is 64.1 Å². The van der Waals surface area contributed by atoms with E-state index in [1.165, 1.54) is 10.6 Å². The van der Waals surface area contributed by atoms with Crippen LogP contribution in [0.15, 0.2) is 47.4 Å². The molecule has 1 aromatic heterocycles. The molecule has 0 radical (unpaired) electrons. The predicted molar refractivity (Wildman–Crippen MR) is 104 cm³/mol. The zero-order chi connectivity index (χ0) is 20.0. The van der Waals surface area contributed by atoms with Crippen molar-refractivity contribution in [2.45, 2.75) is 45.7 Å². The minimum absolute atomic E-state index is 0.0536. The fraction of sp³-hybridized carbons (Fsp3) is 0.350. The van der Waals surface area contributed by atoms with Crippen LogP contribution in [-0.4, -0.2) is 27.2 Å². The maximum absolute atomic E-state index is 12.6. The van der Waals surface area contributed by atoms with Crippen LogP contribution in [0.1, 0.15) is 37.8 Å². The number of amides is 2. The van der Waals surface area contributed by atoms with Crippen LogP contribution in [0.2, 0.25) is 0 Å². The predicted octanol–water partition coefficient (Wildman–Crippen LogP) is 2.97. The van der Waals surface area contributed by atoms with Crippen LogP contribution >= 0.6 is 0 Å². The summed E-state index contributed by atoms with van der Waals surface area (Å²) in [6.07, 6.45) is 1.90. The number of rotatable bonds is 7. The third kappa shape index (κ3) is 6.29.